The Bertz CT molecular complexity index is 310. The summed E-state index contributed by atoms with van der Waals surface area (Å²) in [6, 6.07) is 5.80. The summed E-state index contributed by atoms with van der Waals surface area (Å²) in [6.07, 6.45) is 0.136. The standard InChI is InChI=1S/C12H19NO2/c1-4-14-12-10(8-13)6-5-7-11(12)15-9(2)3/h5-7,9H,4,8,13H2,1-3H3. The van der Waals surface area contributed by atoms with Crippen molar-refractivity contribution < 1.29 is 9.47 Å². The molecule has 0 saturated carbocycles. The summed E-state index contributed by atoms with van der Waals surface area (Å²) in [5.74, 6) is 1.55. The van der Waals surface area contributed by atoms with Crippen LogP contribution in [0.25, 0.3) is 0 Å². The molecule has 0 aliphatic carbocycles. The van der Waals surface area contributed by atoms with E-state index in [0.29, 0.717) is 13.2 Å². The Kier molecular flexibility index (Phi) is 4.43. The van der Waals surface area contributed by atoms with Crippen LogP contribution in [0.3, 0.4) is 0 Å². The molecule has 0 radical (unpaired) electrons. The molecule has 0 atom stereocenters. The number of rotatable bonds is 5. The van der Waals surface area contributed by atoms with Crippen molar-refractivity contribution in [2.75, 3.05) is 6.61 Å². The Morgan fingerprint density at radius 1 is 1.33 bits per heavy atom. The van der Waals surface area contributed by atoms with Gasteiger partial charge in [0.2, 0.25) is 0 Å². The second kappa shape index (κ2) is 5.61. The lowest BCUT2D eigenvalue weighted by molar-refractivity contribution is 0.223. The van der Waals surface area contributed by atoms with Crippen LogP contribution in [0.2, 0.25) is 0 Å². The number of benzene rings is 1. The molecule has 0 saturated heterocycles. The Morgan fingerprint density at radius 2 is 2.07 bits per heavy atom. The largest absolute Gasteiger partial charge is 0.490 e. The van der Waals surface area contributed by atoms with Crippen molar-refractivity contribution in [1.82, 2.24) is 0 Å². The molecule has 3 heteroatoms. The molecule has 1 aromatic carbocycles. The molecule has 1 rings (SSSR count). The highest BCUT2D eigenvalue weighted by atomic mass is 16.5. The molecule has 0 aliphatic heterocycles. The second-order valence-corrected chi connectivity index (χ2v) is 3.55. The lowest BCUT2D eigenvalue weighted by atomic mass is 10.2. The fourth-order valence-electron chi connectivity index (χ4n) is 1.38. The zero-order valence-electron chi connectivity index (χ0n) is 9.62. The SMILES string of the molecule is CCOc1c(CN)cccc1OC(C)C. The molecule has 0 heterocycles. The summed E-state index contributed by atoms with van der Waals surface area (Å²) in [7, 11) is 0. The van der Waals surface area contributed by atoms with Crippen molar-refractivity contribution in [2.24, 2.45) is 5.73 Å². The summed E-state index contributed by atoms with van der Waals surface area (Å²) >= 11 is 0. The van der Waals surface area contributed by atoms with E-state index in [1.807, 2.05) is 39.0 Å². The van der Waals surface area contributed by atoms with Gasteiger partial charge in [-0.3, -0.25) is 0 Å². The lowest BCUT2D eigenvalue weighted by Crippen LogP contribution is -2.09. The van der Waals surface area contributed by atoms with Crippen molar-refractivity contribution in [2.45, 2.75) is 33.4 Å². The van der Waals surface area contributed by atoms with Crippen LogP contribution in [0.4, 0.5) is 0 Å². The molecule has 1 aromatic rings. The van der Waals surface area contributed by atoms with E-state index in [-0.39, 0.29) is 6.10 Å². The van der Waals surface area contributed by atoms with Crippen LogP contribution in [0, 0.1) is 0 Å². The Balaban J connectivity index is 3.01. The Morgan fingerprint density at radius 3 is 2.60 bits per heavy atom. The molecule has 0 unspecified atom stereocenters. The van der Waals surface area contributed by atoms with Gasteiger partial charge in [-0.05, 0) is 26.8 Å². The highest BCUT2D eigenvalue weighted by Gasteiger charge is 2.10. The Labute approximate surface area is 91.2 Å². The van der Waals surface area contributed by atoms with Crippen molar-refractivity contribution >= 4 is 0 Å². The number of hydrogen-bond donors (Lipinski definition) is 1. The van der Waals surface area contributed by atoms with E-state index in [9.17, 15) is 0 Å². The van der Waals surface area contributed by atoms with Gasteiger partial charge < -0.3 is 15.2 Å². The number of para-hydroxylation sites is 1. The van der Waals surface area contributed by atoms with Gasteiger partial charge in [0.15, 0.2) is 11.5 Å². The van der Waals surface area contributed by atoms with Gasteiger partial charge in [-0.2, -0.15) is 0 Å². The third-order valence-electron chi connectivity index (χ3n) is 1.93. The van der Waals surface area contributed by atoms with Gasteiger partial charge in [0, 0.05) is 12.1 Å². The third kappa shape index (κ3) is 3.13. The molecule has 0 bridgehead atoms. The van der Waals surface area contributed by atoms with Crippen LogP contribution < -0.4 is 15.2 Å². The molecule has 0 amide bonds. The highest BCUT2D eigenvalue weighted by Crippen LogP contribution is 2.31. The van der Waals surface area contributed by atoms with E-state index in [1.54, 1.807) is 0 Å². The summed E-state index contributed by atoms with van der Waals surface area (Å²) < 4.78 is 11.2. The minimum absolute atomic E-state index is 0.136. The summed E-state index contributed by atoms with van der Waals surface area (Å²) in [6.45, 7) is 7.01. The average Bonchev–Trinajstić information content (AvgIpc) is 2.20. The quantitative estimate of drug-likeness (QED) is 0.809. The van der Waals surface area contributed by atoms with Gasteiger partial charge in [0.1, 0.15) is 0 Å². The first-order valence-electron chi connectivity index (χ1n) is 5.30. The third-order valence-corrected chi connectivity index (χ3v) is 1.93. The monoisotopic (exact) mass is 209 g/mol. The van der Waals surface area contributed by atoms with E-state index >= 15 is 0 Å². The maximum Gasteiger partial charge on any atom is 0.165 e. The van der Waals surface area contributed by atoms with E-state index < -0.39 is 0 Å². The van der Waals surface area contributed by atoms with Crippen LogP contribution in [0.5, 0.6) is 11.5 Å². The number of nitrogens with two attached hydrogens (primary N) is 1. The molecule has 0 aliphatic rings. The van der Waals surface area contributed by atoms with Crippen LogP contribution in [-0.2, 0) is 6.54 Å². The smallest absolute Gasteiger partial charge is 0.165 e. The molecule has 0 spiro atoms. The minimum atomic E-state index is 0.136. The minimum Gasteiger partial charge on any atom is -0.490 e. The Hall–Kier alpha value is -1.22. The first kappa shape index (κ1) is 11.9. The predicted octanol–water partition coefficient (Wildman–Crippen LogP) is 2.33. The van der Waals surface area contributed by atoms with Crippen molar-refractivity contribution in [3.63, 3.8) is 0 Å². The molecule has 3 nitrogen and oxygen atoms in total. The van der Waals surface area contributed by atoms with Gasteiger partial charge in [-0.25, -0.2) is 0 Å². The van der Waals surface area contributed by atoms with E-state index in [2.05, 4.69) is 0 Å². The molecule has 84 valence electrons. The van der Waals surface area contributed by atoms with Crippen LogP contribution in [-0.4, -0.2) is 12.7 Å². The van der Waals surface area contributed by atoms with Crippen LogP contribution in [0.1, 0.15) is 26.3 Å². The first-order chi connectivity index (χ1) is 7.19. The number of ether oxygens (including phenoxy) is 2. The molecule has 0 fully saturated rings. The predicted molar refractivity (Wildman–Crippen MR) is 61.3 cm³/mol. The fraction of sp³-hybridized carbons (Fsp3) is 0.500. The first-order valence-corrected chi connectivity index (χ1v) is 5.30. The topological polar surface area (TPSA) is 44.5 Å². The summed E-state index contributed by atoms with van der Waals surface area (Å²) in [5.41, 5.74) is 6.63. The fourth-order valence-corrected chi connectivity index (χ4v) is 1.38. The lowest BCUT2D eigenvalue weighted by Gasteiger charge is -2.16. The zero-order chi connectivity index (χ0) is 11.3. The van der Waals surface area contributed by atoms with Crippen LogP contribution >= 0.6 is 0 Å². The van der Waals surface area contributed by atoms with Crippen LogP contribution in [0.15, 0.2) is 18.2 Å². The maximum atomic E-state index is 5.66. The van der Waals surface area contributed by atoms with E-state index in [0.717, 1.165) is 17.1 Å². The average molecular weight is 209 g/mol. The van der Waals surface area contributed by atoms with Crippen molar-refractivity contribution in [1.29, 1.82) is 0 Å². The summed E-state index contributed by atoms with van der Waals surface area (Å²) in [4.78, 5) is 0. The molecular formula is C12H19NO2. The normalized spacial score (nSPS) is 10.5. The highest BCUT2D eigenvalue weighted by molar-refractivity contribution is 5.46. The van der Waals surface area contributed by atoms with Crippen molar-refractivity contribution in [3.8, 4) is 11.5 Å². The summed E-state index contributed by atoms with van der Waals surface area (Å²) in [5, 5.41) is 0. The van der Waals surface area contributed by atoms with Gasteiger partial charge in [0.05, 0.1) is 12.7 Å². The van der Waals surface area contributed by atoms with Crippen molar-refractivity contribution in [3.05, 3.63) is 23.8 Å². The molecule has 15 heavy (non-hydrogen) atoms. The zero-order valence-corrected chi connectivity index (χ0v) is 9.62. The molecular weight excluding hydrogens is 190 g/mol. The second-order valence-electron chi connectivity index (χ2n) is 3.55. The van der Waals surface area contributed by atoms with E-state index in [1.165, 1.54) is 0 Å². The number of hydrogen-bond acceptors (Lipinski definition) is 3. The van der Waals surface area contributed by atoms with Gasteiger partial charge in [-0.1, -0.05) is 12.1 Å². The van der Waals surface area contributed by atoms with Gasteiger partial charge in [0.25, 0.3) is 0 Å². The molecule has 0 aromatic heterocycles. The van der Waals surface area contributed by atoms with E-state index in [4.69, 9.17) is 15.2 Å². The van der Waals surface area contributed by atoms with Gasteiger partial charge in [-0.15, -0.1) is 0 Å². The maximum absolute atomic E-state index is 5.66. The van der Waals surface area contributed by atoms with Gasteiger partial charge >= 0.3 is 0 Å². The molecule has 2 N–H and O–H groups in total.